The number of nitrogens with one attached hydrogen (secondary N) is 1. The molecule has 3 rings (SSSR count). The second kappa shape index (κ2) is 9.51. The normalized spacial score (nSPS) is 23.7. The number of aryl methyl sites for hydroxylation is 2. The van der Waals surface area contributed by atoms with Crippen molar-refractivity contribution in [1.29, 1.82) is 0 Å². The number of ether oxygens (including phenoxy) is 1. The number of nitrogens with zero attached hydrogens (tertiary/aromatic N) is 2. The zero-order valence-electron chi connectivity index (χ0n) is 17.1. The summed E-state index contributed by atoms with van der Waals surface area (Å²) in [4.78, 5) is 3.52. The first-order valence-corrected chi connectivity index (χ1v) is 10.8. The Balaban J connectivity index is 0.00000363. The molecule has 1 aliphatic carbocycles. The molecular weight excluding hydrogens is 479 g/mol. The molecular formula is C18H23ClF3N3O6S. The van der Waals surface area contributed by atoms with Gasteiger partial charge in [0.05, 0.1) is 24.4 Å². The zero-order valence-corrected chi connectivity index (χ0v) is 18.7. The van der Waals surface area contributed by atoms with Crippen molar-refractivity contribution in [2.75, 3.05) is 13.2 Å². The van der Waals surface area contributed by atoms with E-state index in [-0.39, 0.29) is 60.6 Å². The summed E-state index contributed by atoms with van der Waals surface area (Å²) in [6.45, 7) is 2.54. The van der Waals surface area contributed by atoms with E-state index in [0.717, 1.165) is 12.1 Å². The van der Waals surface area contributed by atoms with Gasteiger partial charge in [0.1, 0.15) is 10.6 Å². The summed E-state index contributed by atoms with van der Waals surface area (Å²) >= 11 is 0. The number of alkyl halides is 3. The number of aliphatic hydroxyl groups is 2. The number of rotatable bonds is 7. The highest BCUT2D eigenvalue weighted by Crippen LogP contribution is 2.39. The molecule has 3 N–H and O–H groups in total. The van der Waals surface area contributed by atoms with Crippen LogP contribution in [0.2, 0.25) is 0 Å². The molecule has 2 aromatic heterocycles. The summed E-state index contributed by atoms with van der Waals surface area (Å²) in [5.74, 6) is 0.00702. The summed E-state index contributed by atoms with van der Waals surface area (Å²) in [5, 5.41) is 23.6. The first-order chi connectivity index (χ1) is 14.3. The standard InChI is InChI=1S/C18H22F3N3O6S.ClH/c1-10-16(11(2)30-24-10)31(27,28)23-8-17(5-13(25)14(26)6-17)9-29-15-4-3-12(7-22-15)18(19,20)21;/h3-4,7,13-14,23,25-26H,5-6,8-9H2,1-2H3;1H/t13-,14+,17?;. The van der Waals surface area contributed by atoms with Crippen LogP contribution in [-0.4, -0.2) is 54.1 Å². The van der Waals surface area contributed by atoms with Crippen LogP contribution in [0.3, 0.4) is 0 Å². The average Bonchev–Trinajstić information content (AvgIpc) is 3.17. The minimum atomic E-state index is -4.54. The van der Waals surface area contributed by atoms with E-state index in [4.69, 9.17) is 9.26 Å². The number of aromatic nitrogens is 2. The number of halogens is 4. The van der Waals surface area contributed by atoms with Crippen molar-refractivity contribution in [2.45, 2.75) is 50.0 Å². The van der Waals surface area contributed by atoms with Crippen molar-refractivity contribution in [2.24, 2.45) is 5.41 Å². The summed E-state index contributed by atoms with van der Waals surface area (Å²) in [6.07, 6.45) is -6.10. The fourth-order valence-electron chi connectivity index (χ4n) is 3.59. The Labute approximate surface area is 188 Å². The molecule has 0 aromatic carbocycles. The monoisotopic (exact) mass is 501 g/mol. The van der Waals surface area contributed by atoms with Gasteiger partial charge in [0.15, 0.2) is 5.76 Å². The van der Waals surface area contributed by atoms with Crippen LogP contribution in [0, 0.1) is 19.3 Å². The topological polar surface area (TPSA) is 135 Å². The fourth-order valence-corrected chi connectivity index (χ4v) is 5.08. The van der Waals surface area contributed by atoms with Crippen LogP contribution in [0.4, 0.5) is 13.2 Å². The highest BCUT2D eigenvalue weighted by Gasteiger charge is 2.46. The molecule has 0 spiro atoms. The van der Waals surface area contributed by atoms with Crippen LogP contribution in [-0.2, 0) is 16.2 Å². The Bertz CT molecular complexity index is 1000. The largest absolute Gasteiger partial charge is 0.477 e. The molecule has 0 aliphatic heterocycles. The van der Waals surface area contributed by atoms with Crippen molar-refractivity contribution in [1.82, 2.24) is 14.9 Å². The van der Waals surface area contributed by atoms with Crippen LogP contribution in [0.15, 0.2) is 27.7 Å². The second-order valence-corrected chi connectivity index (χ2v) is 9.40. The minimum absolute atomic E-state index is 0. The molecule has 2 aromatic rings. The van der Waals surface area contributed by atoms with E-state index in [9.17, 15) is 31.8 Å². The van der Waals surface area contributed by atoms with Crippen molar-refractivity contribution < 1.29 is 41.1 Å². The molecule has 3 atom stereocenters. The Kier molecular flexibility index (Phi) is 7.83. The Morgan fingerprint density at radius 2 is 1.88 bits per heavy atom. The number of aliphatic hydroxyl groups excluding tert-OH is 2. The SMILES string of the molecule is Cc1noc(C)c1S(=O)(=O)NCC1(COc2ccc(C(F)(F)F)cn2)C[C@@H](O)[C@@H](O)C1.Cl. The summed E-state index contributed by atoms with van der Waals surface area (Å²) in [5.41, 5.74) is -1.78. The van der Waals surface area contributed by atoms with Gasteiger partial charge in [0.2, 0.25) is 15.9 Å². The minimum Gasteiger partial charge on any atom is -0.477 e. The summed E-state index contributed by atoms with van der Waals surface area (Å²) < 4.78 is 76.2. The summed E-state index contributed by atoms with van der Waals surface area (Å²) in [6, 6.07) is 1.86. The molecule has 1 unspecified atom stereocenters. The Morgan fingerprint density at radius 1 is 1.25 bits per heavy atom. The highest BCUT2D eigenvalue weighted by atomic mass is 35.5. The third-order valence-corrected chi connectivity index (χ3v) is 6.84. The van der Waals surface area contributed by atoms with Crippen LogP contribution < -0.4 is 9.46 Å². The molecule has 0 amide bonds. The van der Waals surface area contributed by atoms with Crippen LogP contribution in [0.1, 0.15) is 29.9 Å². The van der Waals surface area contributed by atoms with E-state index in [2.05, 4.69) is 14.9 Å². The van der Waals surface area contributed by atoms with E-state index in [1.165, 1.54) is 13.8 Å². The average molecular weight is 502 g/mol. The van der Waals surface area contributed by atoms with Crippen molar-refractivity contribution in [3.05, 3.63) is 35.3 Å². The van der Waals surface area contributed by atoms with E-state index < -0.39 is 39.4 Å². The lowest BCUT2D eigenvalue weighted by molar-refractivity contribution is -0.137. The van der Waals surface area contributed by atoms with E-state index in [1.54, 1.807) is 0 Å². The third-order valence-electron chi connectivity index (χ3n) is 5.19. The van der Waals surface area contributed by atoms with Gasteiger partial charge in [0, 0.05) is 24.2 Å². The van der Waals surface area contributed by atoms with Gasteiger partial charge in [-0.1, -0.05) is 5.16 Å². The van der Waals surface area contributed by atoms with E-state index >= 15 is 0 Å². The van der Waals surface area contributed by atoms with Crippen LogP contribution >= 0.6 is 12.4 Å². The van der Waals surface area contributed by atoms with Crippen molar-refractivity contribution in [3.8, 4) is 5.88 Å². The summed E-state index contributed by atoms with van der Waals surface area (Å²) in [7, 11) is -4.01. The molecule has 9 nitrogen and oxygen atoms in total. The van der Waals surface area contributed by atoms with E-state index in [1.807, 2.05) is 0 Å². The molecule has 32 heavy (non-hydrogen) atoms. The predicted molar refractivity (Wildman–Crippen MR) is 107 cm³/mol. The van der Waals surface area contributed by atoms with Gasteiger partial charge in [-0.2, -0.15) is 13.2 Å². The van der Waals surface area contributed by atoms with Gasteiger partial charge in [-0.15, -0.1) is 12.4 Å². The van der Waals surface area contributed by atoms with Gasteiger partial charge in [-0.3, -0.25) is 0 Å². The maximum Gasteiger partial charge on any atom is 0.417 e. The molecule has 1 fully saturated rings. The number of sulfonamides is 1. The lowest BCUT2D eigenvalue weighted by Gasteiger charge is -2.29. The van der Waals surface area contributed by atoms with Crippen molar-refractivity contribution in [3.63, 3.8) is 0 Å². The van der Waals surface area contributed by atoms with Crippen molar-refractivity contribution >= 4 is 22.4 Å². The second-order valence-electron chi connectivity index (χ2n) is 7.69. The Morgan fingerprint density at radius 3 is 2.34 bits per heavy atom. The van der Waals surface area contributed by atoms with Gasteiger partial charge in [-0.05, 0) is 32.8 Å². The number of pyridine rings is 1. The molecule has 1 aliphatic rings. The lowest BCUT2D eigenvalue weighted by atomic mass is 9.87. The highest BCUT2D eigenvalue weighted by molar-refractivity contribution is 7.89. The molecule has 0 bridgehead atoms. The van der Waals surface area contributed by atoms with Gasteiger partial charge in [0.25, 0.3) is 0 Å². The zero-order chi connectivity index (χ0) is 23.0. The maximum absolute atomic E-state index is 12.7. The van der Waals surface area contributed by atoms with E-state index in [0.29, 0.717) is 6.20 Å². The van der Waals surface area contributed by atoms with Crippen LogP contribution in [0.25, 0.3) is 0 Å². The molecule has 0 saturated heterocycles. The fraction of sp³-hybridized carbons (Fsp3) is 0.556. The third kappa shape index (κ3) is 5.70. The van der Waals surface area contributed by atoms with Gasteiger partial charge >= 0.3 is 6.18 Å². The molecule has 14 heteroatoms. The Hall–Kier alpha value is -1.93. The quantitative estimate of drug-likeness (QED) is 0.524. The van der Waals surface area contributed by atoms with Gasteiger partial charge < -0.3 is 19.5 Å². The van der Waals surface area contributed by atoms with Gasteiger partial charge in [-0.25, -0.2) is 18.1 Å². The smallest absolute Gasteiger partial charge is 0.417 e. The van der Waals surface area contributed by atoms with Crippen LogP contribution in [0.5, 0.6) is 5.88 Å². The molecule has 0 radical (unpaired) electrons. The molecule has 2 heterocycles. The first kappa shape index (κ1) is 26.3. The number of hydrogen-bond acceptors (Lipinski definition) is 8. The molecule has 1 saturated carbocycles. The maximum atomic E-state index is 12.7. The molecule has 180 valence electrons. The predicted octanol–water partition coefficient (Wildman–Crippen LogP) is 1.99. The number of hydrogen-bond donors (Lipinski definition) is 3. The first-order valence-electron chi connectivity index (χ1n) is 9.28. The lowest BCUT2D eigenvalue weighted by Crippen LogP contribution is -2.40.